The van der Waals surface area contributed by atoms with Crippen molar-refractivity contribution in [2.45, 2.75) is 6.42 Å². The lowest BCUT2D eigenvalue weighted by molar-refractivity contribution is 0.909. The van der Waals surface area contributed by atoms with Crippen molar-refractivity contribution in [2.75, 3.05) is 6.54 Å². The molecule has 0 amide bonds. The monoisotopic (exact) mass is 225 g/mol. The van der Waals surface area contributed by atoms with Crippen LogP contribution in [0.25, 0.3) is 0 Å². The zero-order chi connectivity index (χ0) is 5.28. The Kier molecular flexibility index (Phi) is 1.75. The van der Waals surface area contributed by atoms with Crippen LogP contribution in [0.3, 0.4) is 0 Å². The Morgan fingerprint density at radius 1 is 1.43 bits per heavy atom. The summed E-state index contributed by atoms with van der Waals surface area (Å²) in [6.07, 6.45) is 1.11. The lowest BCUT2D eigenvalue weighted by atomic mass is 10.5. The molecule has 0 aromatic heterocycles. The fourth-order valence-corrected chi connectivity index (χ4v) is 1.22. The van der Waals surface area contributed by atoms with Crippen molar-refractivity contribution in [2.24, 2.45) is 0 Å². The van der Waals surface area contributed by atoms with Crippen LogP contribution < -0.4 is 5.32 Å². The lowest BCUT2D eigenvalue weighted by Gasteiger charge is -1.87. The van der Waals surface area contributed by atoms with Crippen LogP contribution in [-0.2, 0) is 0 Å². The largest absolute Gasteiger partial charge is 0.378 e. The van der Waals surface area contributed by atoms with E-state index < -0.39 is 0 Å². The number of nitrogens with one attached hydrogen (secondary N) is 1. The first-order valence-electron chi connectivity index (χ1n) is 2.09. The Labute approximate surface area is 59.4 Å². The van der Waals surface area contributed by atoms with E-state index in [0.29, 0.717) is 0 Å². The second kappa shape index (κ2) is 2.18. The van der Waals surface area contributed by atoms with E-state index in [-0.39, 0.29) is 0 Å². The first-order valence-corrected chi connectivity index (χ1v) is 3.67. The molecule has 0 bridgehead atoms. The van der Waals surface area contributed by atoms with Crippen LogP contribution in [0.4, 0.5) is 0 Å². The van der Waals surface area contributed by atoms with E-state index in [1.54, 1.807) is 0 Å². The minimum atomic E-state index is 1.06. The van der Waals surface area contributed by atoms with E-state index in [1.807, 2.05) is 0 Å². The Morgan fingerprint density at radius 3 is 2.29 bits per heavy atom. The van der Waals surface area contributed by atoms with Gasteiger partial charge in [-0.2, -0.15) is 0 Å². The van der Waals surface area contributed by atoms with Crippen molar-refractivity contribution in [1.29, 1.82) is 0 Å². The average Bonchev–Trinajstić information content (AvgIpc) is 1.91. The molecule has 0 aromatic rings. The summed E-state index contributed by atoms with van der Waals surface area (Å²) >= 11 is 6.70. The van der Waals surface area contributed by atoms with Crippen LogP contribution in [0.1, 0.15) is 6.42 Å². The SMILES string of the molecule is BrC1=C(Br)NCC1. The molecule has 1 N–H and O–H groups in total. The maximum atomic E-state index is 3.37. The molecule has 1 heterocycles. The molecule has 0 unspecified atom stereocenters. The number of halogens is 2. The third-order valence-corrected chi connectivity index (χ3v) is 2.95. The summed E-state index contributed by atoms with van der Waals surface area (Å²) in [5.41, 5.74) is 0. The molecule has 0 aliphatic carbocycles. The van der Waals surface area contributed by atoms with E-state index in [2.05, 4.69) is 37.2 Å². The molecule has 3 heteroatoms. The van der Waals surface area contributed by atoms with Crippen LogP contribution in [0, 0.1) is 0 Å². The molecular weight excluding hydrogens is 222 g/mol. The summed E-state index contributed by atoms with van der Waals surface area (Å²) in [7, 11) is 0. The van der Waals surface area contributed by atoms with Crippen LogP contribution in [0.5, 0.6) is 0 Å². The van der Waals surface area contributed by atoms with E-state index in [4.69, 9.17) is 0 Å². The Hall–Kier alpha value is 0.500. The molecule has 1 aliphatic rings. The fraction of sp³-hybridized carbons (Fsp3) is 0.500. The molecule has 1 aliphatic heterocycles. The molecule has 1 nitrogen and oxygen atoms in total. The number of hydrogen-bond acceptors (Lipinski definition) is 1. The topological polar surface area (TPSA) is 12.0 Å². The van der Waals surface area contributed by atoms with Crippen molar-refractivity contribution >= 4 is 31.9 Å². The van der Waals surface area contributed by atoms with Crippen molar-refractivity contribution in [3.8, 4) is 0 Å². The highest BCUT2D eigenvalue weighted by Gasteiger charge is 2.05. The predicted octanol–water partition coefficient (Wildman–Crippen LogP) is 1.94. The highest BCUT2D eigenvalue weighted by Crippen LogP contribution is 2.22. The molecule has 40 valence electrons. The summed E-state index contributed by atoms with van der Waals surface area (Å²) in [6.45, 7) is 1.06. The molecule has 0 atom stereocenters. The van der Waals surface area contributed by atoms with Crippen molar-refractivity contribution in [3.63, 3.8) is 0 Å². The van der Waals surface area contributed by atoms with E-state index in [0.717, 1.165) is 17.6 Å². The van der Waals surface area contributed by atoms with E-state index in [9.17, 15) is 0 Å². The van der Waals surface area contributed by atoms with Crippen LogP contribution in [0.2, 0.25) is 0 Å². The molecule has 7 heavy (non-hydrogen) atoms. The van der Waals surface area contributed by atoms with Gasteiger partial charge in [0, 0.05) is 11.0 Å². The van der Waals surface area contributed by atoms with Crippen molar-refractivity contribution < 1.29 is 0 Å². The average molecular weight is 227 g/mol. The van der Waals surface area contributed by atoms with Gasteiger partial charge in [-0.1, -0.05) is 15.9 Å². The summed E-state index contributed by atoms with van der Waals surface area (Å²) in [4.78, 5) is 0. The zero-order valence-electron chi connectivity index (χ0n) is 3.67. The first-order chi connectivity index (χ1) is 3.30. The third kappa shape index (κ3) is 1.19. The summed E-state index contributed by atoms with van der Waals surface area (Å²) in [5.74, 6) is 0. The summed E-state index contributed by atoms with van der Waals surface area (Å²) in [5, 5.41) is 3.12. The van der Waals surface area contributed by atoms with Gasteiger partial charge in [0.25, 0.3) is 0 Å². The van der Waals surface area contributed by atoms with E-state index >= 15 is 0 Å². The fourth-order valence-electron chi connectivity index (χ4n) is 0.488. The Bertz CT molecular complexity index is 96.3. The zero-order valence-corrected chi connectivity index (χ0v) is 6.84. The molecule has 0 radical (unpaired) electrons. The maximum absolute atomic E-state index is 3.37. The lowest BCUT2D eigenvalue weighted by Crippen LogP contribution is -2.01. The van der Waals surface area contributed by atoms with Crippen LogP contribution in [0.15, 0.2) is 9.09 Å². The maximum Gasteiger partial charge on any atom is 0.0883 e. The van der Waals surface area contributed by atoms with Gasteiger partial charge in [-0.15, -0.1) is 0 Å². The van der Waals surface area contributed by atoms with Gasteiger partial charge in [-0.05, 0) is 22.4 Å². The summed E-state index contributed by atoms with van der Waals surface area (Å²) in [6, 6.07) is 0. The van der Waals surface area contributed by atoms with Gasteiger partial charge in [0.1, 0.15) is 0 Å². The van der Waals surface area contributed by atoms with Crippen molar-refractivity contribution in [1.82, 2.24) is 5.32 Å². The van der Waals surface area contributed by atoms with Gasteiger partial charge in [0.15, 0.2) is 0 Å². The Morgan fingerprint density at radius 2 is 2.14 bits per heavy atom. The normalized spacial score (nSPS) is 20.3. The number of rotatable bonds is 0. The number of hydrogen-bond donors (Lipinski definition) is 1. The smallest absolute Gasteiger partial charge is 0.0883 e. The summed E-state index contributed by atoms with van der Waals surface area (Å²) < 4.78 is 2.35. The quantitative estimate of drug-likeness (QED) is 0.623. The first kappa shape index (κ1) is 5.63. The predicted molar refractivity (Wildman–Crippen MR) is 37.5 cm³/mol. The van der Waals surface area contributed by atoms with Gasteiger partial charge in [0.05, 0.1) is 4.61 Å². The van der Waals surface area contributed by atoms with Gasteiger partial charge in [-0.3, -0.25) is 0 Å². The molecule has 0 saturated carbocycles. The molecule has 0 aromatic carbocycles. The van der Waals surface area contributed by atoms with Gasteiger partial charge in [-0.25, -0.2) is 0 Å². The highest BCUT2D eigenvalue weighted by atomic mass is 79.9. The van der Waals surface area contributed by atoms with Crippen molar-refractivity contribution in [3.05, 3.63) is 9.09 Å². The second-order valence-electron chi connectivity index (χ2n) is 1.40. The van der Waals surface area contributed by atoms with Gasteiger partial charge in [0.2, 0.25) is 0 Å². The molecule has 1 rings (SSSR count). The second-order valence-corrected chi connectivity index (χ2v) is 3.15. The third-order valence-electron chi connectivity index (χ3n) is 0.863. The molecular formula is C4H5Br2N. The standard InChI is InChI=1S/C4H5Br2N/c5-3-1-2-7-4(3)6/h7H,1-2H2. The van der Waals surface area contributed by atoms with Gasteiger partial charge < -0.3 is 5.32 Å². The minimum Gasteiger partial charge on any atom is -0.378 e. The molecule has 0 spiro atoms. The van der Waals surface area contributed by atoms with Gasteiger partial charge >= 0.3 is 0 Å². The van der Waals surface area contributed by atoms with E-state index in [1.165, 1.54) is 4.48 Å². The minimum absolute atomic E-state index is 1.06. The Balaban J connectivity index is 2.64. The highest BCUT2D eigenvalue weighted by molar-refractivity contribution is 9.14. The molecule has 0 saturated heterocycles. The van der Waals surface area contributed by atoms with Crippen LogP contribution in [-0.4, -0.2) is 6.54 Å². The molecule has 0 fully saturated rings. The van der Waals surface area contributed by atoms with Crippen LogP contribution >= 0.6 is 31.9 Å².